The number of hydrogen-bond acceptors (Lipinski definition) is 7. The van der Waals surface area contributed by atoms with Gasteiger partial charge in [-0.2, -0.15) is 5.26 Å². The van der Waals surface area contributed by atoms with Crippen LogP contribution in [0.25, 0.3) is 0 Å². The highest BCUT2D eigenvalue weighted by atomic mass is 32.2. The minimum absolute atomic E-state index is 0.0199. The fourth-order valence-electron chi connectivity index (χ4n) is 3.81. The summed E-state index contributed by atoms with van der Waals surface area (Å²) in [6.07, 6.45) is 4.42. The number of nitrogens with zero attached hydrogens (tertiary/aromatic N) is 5. The summed E-state index contributed by atoms with van der Waals surface area (Å²) in [6.45, 7) is 3.47. The smallest absolute Gasteiger partial charge is 0.238 e. The Kier molecular flexibility index (Phi) is 7.90. The van der Waals surface area contributed by atoms with Gasteiger partial charge in [0.15, 0.2) is 0 Å². The number of carbonyl (C=O) groups excluding carboxylic acids is 1. The molecule has 1 fully saturated rings. The molecule has 4 rings (SSSR count). The molecule has 1 aliphatic rings. The standard InChI is InChI=1S/C25H26N6OS/c26-17-21-7-4-11-28-25(21)31-13-5-12-30(14-15-31)18-23(32)29-22-8-3-6-20(16-22)19-33-24-9-1-2-10-27-24/h1-4,6-11,16H,5,12-15,18-19H2,(H,29,32). The van der Waals surface area contributed by atoms with Crippen LogP contribution in [0.5, 0.6) is 0 Å². The maximum absolute atomic E-state index is 12.7. The Morgan fingerprint density at radius 1 is 1.03 bits per heavy atom. The van der Waals surface area contributed by atoms with Gasteiger partial charge in [-0.25, -0.2) is 9.97 Å². The Hall–Kier alpha value is -3.41. The minimum atomic E-state index is -0.0199. The Balaban J connectivity index is 1.29. The number of amides is 1. The summed E-state index contributed by atoms with van der Waals surface area (Å²) >= 11 is 1.67. The molecule has 2 aromatic heterocycles. The molecule has 1 saturated heterocycles. The molecule has 168 valence electrons. The first-order valence-corrected chi connectivity index (χ1v) is 11.9. The Bertz CT molecular complexity index is 1120. The van der Waals surface area contributed by atoms with E-state index in [1.807, 2.05) is 36.4 Å². The number of carbonyl (C=O) groups is 1. The summed E-state index contributed by atoms with van der Waals surface area (Å²) < 4.78 is 0. The second-order valence-corrected chi connectivity index (χ2v) is 8.80. The number of benzene rings is 1. The van der Waals surface area contributed by atoms with Gasteiger partial charge < -0.3 is 10.2 Å². The molecular formula is C25H26N6OS. The number of thioether (sulfide) groups is 1. The molecule has 8 heteroatoms. The van der Waals surface area contributed by atoms with Crippen LogP contribution in [0.3, 0.4) is 0 Å². The van der Waals surface area contributed by atoms with Crippen LogP contribution < -0.4 is 10.2 Å². The SMILES string of the molecule is N#Cc1cccnc1N1CCCN(CC(=O)Nc2cccc(CSc3ccccn3)c2)CC1. The van der Waals surface area contributed by atoms with Crippen molar-refractivity contribution < 1.29 is 4.79 Å². The van der Waals surface area contributed by atoms with Gasteiger partial charge in [0.05, 0.1) is 17.1 Å². The van der Waals surface area contributed by atoms with Crippen LogP contribution >= 0.6 is 11.8 Å². The van der Waals surface area contributed by atoms with Crippen LogP contribution in [-0.2, 0) is 10.5 Å². The van der Waals surface area contributed by atoms with Crippen molar-refractivity contribution in [2.75, 3.05) is 42.9 Å². The third-order valence-electron chi connectivity index (χ3n) is 5.40. The molecular weight excluding hydrogens is 432 g/mol. The van der Waals surface area contributed by atoms with Crippen molar-refractivity contribution >= 4 is 29.2 Å². The molecule has 0 unspecified atom stereocenters. The number of anilines is 2. The molecule has 1 aromatic carbocycles. The van der Waals surface area contributed by atoms with Crippen molar-refractivity contribution in [2.24, 2.45) is 0 Å². The summed E-state index contributed by atoms with van der Waals surface area (Å²) in [7, 11) is 0. The van der Waals surface area contributed by atoms with Gasteiger partial charge in [-0.15, -0.1) is 11.8 Å². The first-order valence-electron chi connectivity index (χ1n) is 11.0. The molecule has 0 atom stereocenters. The van der Waals surface area contributed by atoms with E-state index in [4.69, 9.17) is 0 Å². The maximum Gasteiger partial charge on any atom is 0.238 e. The van der Waals surface area contributed by atoms with Gasteiger partial charge in [0.25, 0.3) is 0 Å². The average Bonchev–Trinajstić information content (AvgIpc) is 3.09. The summed E-state index contributed by atoms with van der Waals surface area (Å²) in [5.74, 6) is 1.50. The highest BCUT2D eigenvalue weighted by molar-refractivity contribution is 7.98. The Labute approximate surface area is 198 Å². The molecule has 1 amide bonds. The maximum atomic E-state index is 12.7. The highest BCUT2D eigenvalue weighted by Gasteiger charge is 2.20. The van der Waals surface area contributed by atoms with E-state index in [-0.39, 0.29) is 5.91 Å². The molecule has 33 heavy (non-hydrogen) atoms. The second kappa shape index (κ2) is 11.5. The monoisotopic (exact) mass is 458 g/mol. The van der Waals surface area contributed by atoms with Crippen LogP contribution in [0.4, 0.5) is 11.5 Å². The average molecular weight is 459 g/mol. The molecule has 1 N–H and O–H groups in total. The highest BCUT2D eigenvalue weighted by Crippen LogP contribution is 2.22. The normalized spacial score (nSPS) is 14.3. The first-order chi connectivity index (χ1) is 16.2. The molecule has 7 nitrogen and oxygen atoms in total. The molecule has 0 radical (unpaired) electrons. The lowest BCUT2D eigenvalue weighted by Crippen LogP contribution is -2.36. The van der Waals surface area contributed by atoms with Crippen LogP contribution in [0.15, 0.2) is 72.0 Å². The third-order valence-corrected chi connectivity index (χ3v) is 6.41. The van der Waals surface area contributed by atoms with Crippen LogP contribution in [0, 0.1) is 11.3 Å². The Morgan fingerprint density at radius 3 is 2.79 bits per heavy atom. The van der Waals surface area contributed by atoms with Gasteiger partial charge in [-0.05, 0) is 48.4 Å². The molecule has 0 saturated carbocycles. The van der Waals surface area contributed by atoms with Gasteiger partial charge in [0.2, 0.25) is 5.91 Å². The molecule has 3 heterocycles. The van der Waals surface area contributed by atoms with E-state index in [1.54, 1.807) is 36.3 Å². The number of rotatable bonds is 7. The quantitative estimate of drug-likeness (QED) is 0.539. The fourth-order valence-corrected chi connectivity index (χ4v) is 4.61. The van der Waals surface area contributed by atoms with Gasteiger partial charge in [0.1, 0.15) is 11.9 Å². The van der Waals surface area contributed by atoms with Crippen LogP contribution in [0.1, 0.15) is 17.5 Å². The number of nitriles is 1. The van der Waals surface area contributed by atoms with E-state index in [0.717, 1.165) is 60.4 Å². The summed E-state index contributed by atoms with van der Waals surface area (Å²) in [5.41, 5.74) is 2.53. The van der Waals surface area contributed by atoms with Crippen molar-refractivity contribution in [2.45, 2.75) is 17.2 Å². The number of nitrogens with one attached hydrogen (secondary N) is 1. The Morgan fingerprint density at radius 2 is 1.94 bits per heavy atom. The van der Waals surface area contributed by atoms with E-state index < -0.39 is 0 Å². The zero-order valence-corrected chi connectivity index (χ0v) is 19.2. The van der Waals surface area contributed by atoms with Crippen molar-refractivity contribution in [1.29, 1.82) is 5.26 Å². The van der Waals surface area contributed by atoms with E-state index in [9.17, 15) is 10.1 Å². The topological polar surface area (TPSA) is 85.2 Å². The molecule has 0 spiro atoms. The zero-order valence-electron chi connectivity index (χ0n) is 18.4. The summed E-state index contributed by atoms with van der Waals surface area (Å²) in [4.78, 5) is 25.7. The molecule has 0 aliphatic carbocycles. The van der Waals surface area contributed by atoms with Crippen LogP contribution in [0.2, 0.25) is 0 Å². The lowest BCUT2D eigenvalue weighted by Gasteiger charge is -2.23. The van der Waals surface area contributed by atoms with E-state index >= 15 is 0 Å². The second-order valence-electron chi connectivity index (χ2n) is 7.81. The van der Waals surface area contributed by atoms with Crippen LogP contribution in [-0.4, -0.2) is 53.5 Å². The van der Waals surface area contributed by atoms with Gasteiger partial charge in [0, 0.05) is 50.0 Å². The van der Waals surface area contributed by atoms with E-state index in [1.165, 1.54) is 0 Å². The van der Waals surface area contributed by atoms with Crippen molar-refractivity contribution in [3.63, 3.8) is 0 Å². The molecule has 0 bridgehead atoms. The number of hydrogen-bond donors (Lipinski definition) is 1. The predicted molar refractivity (Wildman–Crippen MR) is 131 cm³/mol. The van der Waals surface area contributed by atoms with Crippen molar-refractivity contribution in [3.05, 3.63) is 78.1 Å². The van der Waals surface area contributed by atoms with E-state index in [0.29, 0.717) is 12.1 Å². The minimum Gasteiger partial charge on any atom is -0.354 e. The lowest BCUT2D eigenvalue weighted by molar-refractivity contribution is -0.117. The van der Waals surface area contributed by atoms with Gasteiger partial charge in [-0.3, -0.25) is 9.69 Å². The number of pyridine rings is 2. The van der Waals surface area contributed by atoms with E-state index in [2.05, 4.69) is 37.2 Å². The fraction of sp³-hybridized carbons (Fsp3) is 0.280. The number of aromatic nitrogens is 2. The summed E-state index contributed by atoms with van der Waals surface area (Å²) in [5, 5.41) is 13.4. The zero-order chi connectivity index (χ0) is 22.9. The van der Waals surface area contributed by atoms with Crippen molar-refractivity contribution in [3.8, 4) is 6.07 Å². The molecule has 1 aliphatic heterocycles. The van der Waals surface area contributed by atoms with Crippen molar-refractivity contribution in [1.82, 2.24) is 14.9 Å². The molecule has 3 aromatic rings. The third kappa shape index (κ3) is 6.54. The van der Waals surface area contributed by atoms with Gasteiger partial charge in [-0.1, -0.05) is 18.2 Å². The first kappa shape index (κ1) is 22.8. The van der Waals surface area contributed by atoms with Gasteiger partial charge >= 0.3 is 0 Å². The largest absolute Gasteiger partial charge is 0.354 e. The lowest BCUT2D eigenvalue weighted by atomic mass is 10.2. The summed E-state index contributed by atoms with van der Waals surface area (Å²) in [6, 6.07) is 19.6. The predicted octanol–water partition coefficient (Wildman–Crippen LogP) is 3.79.